The van der Waals surface area contributed by atoms with Crippen LogP contribution in [0.4, 0.5) is 0 Å². The lowest BCUT2D eigenvalue weighted by Gasteiger charge is -2.23. The highest BCUT2D eigenvalue weighted by molar-refractivity contribution is 5.71. The van der Waals surface area contributed by atoms with Crippen LogP contribution in [-0.4, -0.2) is 4.98 Å². The zero-order chi connectivity index (χ0) is 15.6. The minimum absolute atomic E-state index is 0.0671. The van der Waals surface area contributed by atoms with E-state index < -0.39 is 0 Å². The molecule has 2 aromatic carbocycles. The molecule has 110 valence electrons. The lowest BCUT2D eigenvalue weighted by atomic mass is 9.82. The third kappa shape index (κ3) is 2.94. The van der Waals surface area contributed by atoms with Crippen molar-refractivity contribution in [2.75, 3.05) is 0 Å². The van der Waals surface area contributed by atoms with E-state index in [4.69, 9.17) is 4.98 Å². The molecule has 1 heteroatoms. The van der Waals surface area contributed by atoms with E-state index in [1.165, 1.54) is 16.7 Å². The Kier molecular flexibility index (Phi) is 3.81. The van der Waals surface area contributed by atoms with Crippen LogP contribution in [0.3, 0.4) is 0 Å². The molecule has 0 aliphatic carbocycles. The monoisotopic (exact) mass is 287 g/mol. The van der Waals surface area contributed by atoms with Crippen molar-refractivity contribution in [2.45, 2.75) is 26.2 Å². The molecule has 0 aliphatic rings. The molecule has 1 aromatic heterocycles. The lowest BCUT2D eigenvalue weighted by Crippen LogP contribution is -2.13. The molecule has 1 heterocycles. The molecule has 0 amide bonds. The molecule has 1 nitrogen and oxygen atoms in total. The number of pyridine rings is 1. The van der Waals surface area contributed by atoms with Gasteiger partial charge in [-0.2, -0.15) is 0 Å². The van der Waals surface area contributed by atoms with Crippen LogP contribution in [0.5, 0.6) is 0 Å². The van der Waals surface area contributed by atoms with Gasteiger partial charge in [-0.3, -0.25) is 4.98 Å². The van der Waals surface area contributed by atoms with Crippen LogP contribution in [0.15, 0.2) is 72.9 Å². The van der Waals surface area contributed by atoms with Crippen molar-refractivity contribution < 1.29 is 0 Å². The van der Waals surface area contributed by atoms with Crippen molar-refractivity contribution in [1.29, 1.82) is 0 Å². The molecule has 0 bridgehead atoms. The first-order valence-electron chi connectivity index (χ1n) is 7.67. The highest BCUT2D eigenvalue weighted by atomic mass is 14.7. The molecule has 0 spiro atoms. The predicted molar refractivity (Wildman–Crippen MR) is 93.8 cm³/mol. The van der Waals surface area contributed by atoms with E-state index in [-0.39, 0.29) is 5.41 Å². The van der Waals surface area contributed by atoms with Gasteiger partial charge in [0.1, 0.15) is 0 Å². The fourth-order valence-corrected chi connectivity index (χ4v) is 2.69. The molecule has 3 rings (SSSR count). The Labute approximate surface area is 132 Å². The van der Waals surface area contributed by atoms with Gasteiger partial charge in [0.25, 0.3) is 0 Å². The summed E-state index contributed by atoms with van der Waals surface area (Å²) in [6, 6.07) is 23.1. The Morgan fingerprint density at radius 1 is 0.727 bits per heavy atom. The maximum atomic E-state index is 4.70. The molecule has 0 unspecified atom stereocenters. The van der Waals surface area contributed by atoms with Crippen molar-refractivity contribution in [3.8, 4) is 22.4 Å². The van der Waals surface area contributed by atoms with Crippen LogP contribution in [0, 0.1) is 0 Å². The first-order chi connectivity index (χ1) is 10.6. The molecule has 0 saturated carbocycles. The number of benzene rings is 2. The maximum absolute atomic E-state index is 4.70. The van der Waals surface area contributed by atoms with Gasteiger partial charge in [-0.25, -0.2) is 0 Å². The van der Waals surface area contributed by atoms with Crippen LogP contribution >= 0.6 is 0 Å². The van der Waals surface area contributed by atoms with Gasteiger partial charge >= 0.3 is 0 Å². The second-order valence-corrected chi connectivity index (χ2v) is 6.60. The van der Waals surface area contributed by atoms with E-state index in [1.54, 1.807) is 0 Å². The van der Waals surface area contributed by atoms with Crippen LogP contribution < -0.4 is 0 Å². The Morgan fingerprint density at radius 2 is 1.27 bits per heavy atom. The molecule has 0 fully saturated rings. The van der Waals surface area contributed by atoms with Crippen molar-refractivity contribution >= 4 is 0 Å². The lowest BCUT2D eigenvalue weighted by molar-refractivity contribution is 0.591. The fraction of sp³-hybridized carbons (Fsp3) is 0.190. The first kappa shape index (κ1) is 14.5. The standard InChI is InChI=1S/C21H21N/c1-21(2,3)19-14-20(17-12-8-5-9-13-17)22-15-18(19)16-10-6-4-7-11-16/h4-15H,1-3H3. The maximum Gasteiger partial charge on any atom is 0.0705 e. The number of aromatic nitrogens is 1. The topological polar surface area (TPSA) is 12.9 Å². The van der Waals surface area contributed by atoms with Gasteiger partial charge in [-0.15, -0.1) is 0 Å². The van der Waals surface area contributed by atoms with E-state index in [1.807, 2.05) is 18.3 Å². The van der Waals surface area contributed by atoms with Crippen molar-refractivity contribution in [2.24, 2.45) is 0 Å². The predicted octanol–water partition coefficient (Wildman–Crippen LogP) is 5.71. The zero-order valence-corrected chi connectivity index (χ0v) is 13.4. The summed E-state index contributed by atoms with van der Waals surface area (Å²) < 4.78 is 0. The highest BCUT2D eigenvalue weighted by Crippen LogP contribution is 2.34. The van der Waals surface area contributed by atoms with Crippen molar-refractivity contribution in [1.82, 2.24) is 4.98 Å². The van der Waals surface area contributed by atoms with E-state index in [9.17, 15) is 0 Å². The molecular weight excluding hydrogens is 266 g/mol. The van der Waals surface area contributed by atoms with Crippen LogP contribution in [-0.2, 0) is 5.41 Å². The molecule has 0 atom stereocenters. The number of hydrogen-bond acceptors (Lipinski definition) is 1. The van der Waals surface area contributed by atoms with E-state index in [2.05, 4.69) is 75.4 Å². The van der Waals surface area contributed by atoms with E-state index in [0.717, 1.165) is 11.3 Å². The SMILES string of the molecule is CC(C)(C)c1cc(-c2ccccc2)ncc1-c1ccccc1. The number of hydrogen-bond donors (Lipinski definition) is 0. The molecule has 0 N–H and O–H groups in total. The number of rotatable bonds is 2. The Morgan fingerprint density at radius 3 is 1.82 bits per heavy atom. The second kappa shape index (κ2) is 5.76. The third-order valence-corrected chi connectivity index (χ3v) is 3.87. The average Bonchev–Trinajstić information content (AvgIpc) is 2.55. The Bertz CT molecular complexity index is 753. The Balaban J connectivity index is 2.17. The molecular formula is C21H21N. The second-order valence-electron chi connectivity index (χ2n) is 6.60. The van der Waals surface area contributed by atoms with Crippen molar-refractivity contribution in [3.63, 3.8) is 0 Å². The minimum atomic E-state index is 0.0671. The van der Waals surface area contributed by atoms with Gasteiger partial charge in [0.15, 0.2) is 0 Å². The summed E-state index contributed by atoms with van der Waals surface area (Å²) in [5.74, 6) is 0. The Hall–Kier alpha value is -2.41. The van der Waals surface area contributed by atoms with Gasteiger partial charge in [-0.05, 0) is 22.6 Å². The van der Waals surface area contributed by atoms with E-state index in [0.29, 0.717) is 0 Å². The highest BCUT2D eigenvalue weighted by Gasteiger charge is 2.20. The average molecular weight is 287 g/mol. The van der Waals surface area contributed by atoms with Crippen LogP contribution in [0.2, 0.25) is 0 Å². The molecule has 0 aliphatic heterocycles. The molecule has 22 heavy (non-hydrogen) atoms. The summed E-state index contributed by atoms with van der Waals surface area (Å²) in [5, 5.41) is 0. The molecule has 0 saturated heterocycles. The molecule has 3 aromatic rings. The summed E-state index contributed by atoms with van der Waals surface area (Å²) >= 11 is 0. The fourth-order valence-electron chi connectivity index (χ4n) is 2.69. The number of nitrogens with zero attached hydrogens (tertiary/aromatic N) is 1. The van der Waals surface area contributed by atoms with Gasteiger partial charge in [0, 0.05) is 17.3 Å². The normalized spacial score (nSPS) is 11.4. The first-order valence-corrected chi connectivity index (χ1v) is 7.67. The van der Waals surface area contributed by atoms with Crippen molar-refractivity contribution in [3.05, 3.63) is 78.5 Å². The van der Waals surface area contributed by atoms with Crippen LogP contribution in [0.1, 0.15) is 26.3 Å². The van der Waals surface area contributed by atoms with Crippen LogP contribution in [0.25, 0.3) is 22.4 Å². The zero-order valence-electron chi connectivity index (χ0n) is 13.4. The molecule has 0 radical (unpaired) electrons. The summed E-state index contributed by atoms with van der Waals surface area (Å²) in [6.45, 7) is 6.76. The third-order valence-electron chi connectivity index (χ3n) is 3.87. The van der Waals surface area contributed by atoms with E-state index >= 15 is 0 Å². The smallest absolute Gasteiger partial charge is 0.0705 e. The summed E-state index contributed by atoms with van der Waals surface area (Å²) in [5.41, 5.74) is 6.02. The summed E-state index contributed by atoms with van der Waals surface area (Å²) in [7, 11) is 0. The summed E-state index contributed by atoms with van der Waals surface area (Å²) in [4.78, 5) is 4.70. The van der Waals surface area contributed by atoms with Gasteiger partial charge in [0.2, 0.25) is 0 Å². The van der Waals surface area contributed by atoms with Gasteiger partial charge < -0.3 is 0 Å². The quantitative estimate of drug-likeness (QED) is 0.588. The van der Waals surface area contributed by atoms with Gasteiger partial charge in [-0.1, -0.05) is 81.4 Å². The minimum Gasteiger partial charge on any atom is -0.256 e. The largest absolute Gasteiger partial charge is 0.256 e. The summed E-state index contributed by atoms with van der Waals surface area (Å²) in [6.07, 6.45) is 2.01. The van der Waals surface area contributed by atoms with Gasteiger partial charge in [0.05, 0.1) is 5.69 Å².